The lowest BCUT2D eigenvalue weighted by molar-refractivity contribution is -0.140. The van der Waals surface area contributed by atoms with Crippen LogP contribution in [0.5, 0.6) is 11.5 Å². The van der Waals surface area contributed by atoms with Crippen molar-refractivity contribution in [3.05, 3.63) is 36.3 Å². The highest BCUT2D eigenvalue weighted by Gasteiger charge is 2.41. The summed E-state index contributed by atoms with van der Waals surface area (Å²) in [5.41, 5.74) is 0. The van der Waals surface area contributed by atoms with Gasteiger partial charge >= 0.3 is 5.97 Å². The third-order valence-corrected chi connectivity index (χ3v) is 4.93. The fourth-order valence-electron chi connectivity index (χ4n) is 3.51. The van der Waals surface area contributed by atoms with Crippen LogP contribution in [0.1, 0.15) is 26.2 Å². The van der Waals surface area contributed by atoms with Gasteiger partial charge in [0.1, 0.15) is 25.5 Å². The number of carboxylic acids is 1. The number of amides is 1. The van der Waals surface area contributed by atoms with Crippen molar-refractivity contribution < 1.29 is 38.4 Å². The molecule has 3 unspecified atom stereocenters. The Kier molecular flexibility index (Phi) is 7.29. The van der Waals surface area contributed by atoms with Gasteiger partial charge in [0, 0.05) is 6.42 Å². The fraction of sp³-hybridized carbons (Fsp3) is 0.476. The van der Waals surface area contributed by atoms with Crippen LogP contribution in [-0.4, -0.2) is 54.7 Å². The summed E-state index contributed by atoms with van der Waals surface area (Å²) >= 11 is 0. The van der Waals surface area contributed by atoms with E-state index in [4.69, 9.17) is 24.1 Å². The Balaban J connectivity index is 1.55. The fourth-order valence-corrected chi connectivity index (χ4v) is 3.51. The lowest BCUT2D eigenvalue weighted by atomic mass is 9.80. The minimum absolute atomic E-state index is 0.129. The highest BCUT2D eigenvalue weighted by atomic mass is 16.5. The molecule has 0 saturated heterocycles. The number of carbonyl (C=O) groups is 3. The molecule has 1 heterocycles. The zero-order valence-electron chi connectivity index (χ0n) is 16.7. The first-order valence-electron chi connectivity index (χ1n) is 9.87. The molecule has 9 nitrogen and oxygen atoms in total. The molecule has 1 amide bonds. The van der Waals surface area contributed by atoms with Gasteiger partial charge in [0.15, 0.2) is 11.5 Å². The molecule has 0 spiro atoms. The first-order chi connectivity index (χ1) is 14.5. The molecule has 2 aliphatic rings. The van der Waals surface area contributed by atoms with Gasteiger partial charge in [-0.25, -0.2) is 0 Å². The second-order valence-corrected chi connectivity index (χ2v) is 7.03. The molecule has 162 valence electrons. The number of carboxylic acid groups (broad SMARTS) is 1. The van der Waals surface area contributed by atoms with Crippen molar-refractivity contribution in [2.75, 3.05) is 19.8 Å². The number of fused-ring (bicyclic) bond motifs is 1. The standard InChI is InChI=1S/C21H25NO8/c1-2-27-15-5-3-4-6-16(15)30-18-11-29-17-9-13(7-8-14(17)21(18)26)28-12-19(23)22-10-20(24)25/h3-6,11,13-14,17H,2,7-10,12H2,1H3,(H,22,23)(H,24,25). The number of nitrogens with one attached hydrogen (secondary N) is 1. The molecule has 0 radical (unpaired) electrons. The summed E-state index contributed by atoms with van der Waals surface area (Å²) in [6.07, 6.45) is 2.32. The Morgan fingerprint density at radius 2 is 2.00 bits per heavy atom. The van der Waals surface area contributed by atoms with E-state index in [1.165, 1.54) is 6.26 Å². The van der Waals surface area contributed by atoms with Gasteiger partial charge in [-0.15, -0.1) is 0 Å². The molecule has 1 aliphatic carbocycles. The summed E-state index contributed by atoms with van der Waals surface area (Å²) < 4.78 is 22.6. The van der Waals surface area contributed by atoms with E-state index in [0.717, 1.165) is 0 Å². The Labute approximate surface area is 173 Å². The highest BCUT2D eigenvalue weighted by molar-refractivity contribution is 5.96. The molecule has 9 heteroatoms. The number of hydrogen-bond donors (Lipinski definition) is 2. The number of allylic oxidation sites excluding steroid dienone is 1. The van der Waals surface area contributed by atoms with Crippen LogP contribution in [0, 0.1) is 5.92 Å². The quantitative estimate of drug-likeness (QED) is 0.620. The van der Waals surface area contributed by atoms with Gasteiger partial charge in [-0.3, -0.25) is 14.4 Å². The number of hydrogen-bond acceptors (Lipinski definition) is 7. The van der Waals surface area contributed by atoms with Crippen LogP contribution in [0.15, 0.2) is 36.3 Å². The van der Waals surface area contributed by atoms with E-state index in [2.05, 4.69) is 5.32 Å². The van der Waals surface area contributed by atoms with Crippen LogP contribution in [0.3, 0.4) is 0 Å². The SMILES string of the molecule is CCOc1ccccc1OC1=COC2CC(OCC(=O)NCC(=O)O)CCC2C1=O. The summed E-state index contributed by atoms with van der Waals surface area (Å²) in [4.78, 5) is 34.9. The molecule has 3 rings (SSSR count). The maximum Gasteiger partial charge on any atom is 0.322 e. The predicted molar refractivity (Wildman–Crippen MR) is 104 cm³/mol. The lowest BCUT2D eigenvalue weighted by Gasteiger charge is -2.37. The van der Waals surface area contributed by atoms with E-state index in [0.29, 0.717) is 37.4 Å². The minimum atomic E-state index is -1.12. The molecule has 1 aromatic carbocycles. The zero-order valence-corrected chi connectivity index (χ0v) is 16.7. The Bertz CT molecular complexity index is 821. The predicted octanol–water partition coefficient (Wildman–Crippen LogP) is 1.66. The van der Waals surface area contributed by atoms with Crippen LogP contribution < -0.4 is 14.8 Å². The summed E-state index contributed by atoms with van der Waals surface area (Å²) in [5.74, 6) is -0.953. The zero-order chi connectivity index (χ0) is 21.5. The maximum atomic E-state index is 12.9. The topological polar surface area (TPSA) is 120 Å². The normalized spacial score (nSPS) is 22.9. The summed E-state index contributed by atoms with van der Waals surface area (Å²) in [7, 11) is 0. The third-order valence-electron chi connectivity index (χ3n) is 4.93. The van der Waals surface area contributed by atoms with Crippen LogP contribution >= 0.6 is 0 Å². The Morgan fingerprint density at radius 3 is 2.73 bits per heavy atom. The average Bonchev–Trinajstić information content (AvgIpc) is 2.74. The number of rotatable bonds is 9. The highest BCUT2D eigenvalue weighted by Crippen LogP contribution is 2.36. The van der Waals surface area contributed by atoms with Crippen molar-refractivity contribution in [1.29, 1.82) is 0 Å². The van der Waals surface area contributed by atoms with Gasteiger partial charge in [-0.2, -0.15) is 0 Å². The Hall–Kier alpha value is -3.07. The van der Waals surface area contributed by atoms with Crippen LogP contribution in [0.25, 0.3) is 0 Å². The summed E-state index contributed by atoms with van der Waals surface area (Å²) in [6.45, 7) is 1.66. The molecular weight excluding hydrogens is 394 g/mol. The second-order valence-electron chi connectivity index (χ2n) is 7.03. The van der Waals surface area contributed by atoms with E-state index >= 15 is 0 Å². The van der Waals surface area contributed by atoms with Crippen molar-refractivity contribution in [1.82, 2.24) is 5.32 Å². The number of Topliss-reactive ketones (excluding diaryl/α,β-unsaturated/α-hetero) is 1. The van der Waals surface area contributed by atoms with Gasteiger partial charge in [-0.1, -0.05) is 12.1 Å². The van der Waals surface area contributed by atoms with Gasteiger partial charge < -0.3 is 29.4 Å². The number of ketones is 1. The van der Waals surface area contributed by atoms with E-state index in [9.17, 15) is 14.4 Å². The number of para-hydroxylation sites is 2. The second kappa shape index (κ2) is 10.1. The lowest BCUT2D eigenvalue weighted by Crippen LogP contribution is -2.43. The molecule has 3 atom stereocenters. The number of aliphatic carboxylic acids is 1. The maximum absolute atomic E-state index is 12.9. The van der Waals surface area contributed by atoms with E-state index in [1.807, 2.05) is 13.0 Å². The molecule has 30 heavy (non-hydrogen) atoms. The summed E-state index contributed by atoms with van der Waals surface area (Å²) in [5, 5.41) is 10.8. The Morgan fingerprint density at radius 1 is 1.23 bits per heavy atom. The molecule has 1 aromatic rings. The van der Waals surface area contributed by atoms with Gasteiger partial charge in [0.05, 0.1) is 18.6 Å². The minimum Gasteiger partial charge on any atom is -0.493 e. The van der Waals surface area contributed by atoms with Gasteiger partial charge in [0.25, 0.3) is 0 Å². The molecule has 0 aromatic heterocycles. The smallest absolute Gasteiger partial charge is 0.322 e. The van der Waals surface area contributed by atoms with Crippen LogP contribution in [0.2, 0.25) is 0 Å². The first kappa shape index (κ1) is 21.6. The monoisotopic (exact) mass is 419 g/mol. The van der Waals surface area contributed by atoms with Crippen molar-refractivity contribution in [3.63, 3.8) is 0 Å². The molecule has 1 aliphatic heterocycles. The summed E-state index contributed by atoms with van der Waals surface area (Å²) in [6, 6.07) is 7.12. The van der Waals surface area contributed by atoms with E-state index in [-0.39, 0.29) is 36.3 Å². The van der Waals surface area contributed by atoms with Crippen molar-refractivity contribution >= 4 is 17.7 Å². The van der Waals surface area contributed by atoms with E-state index < -0.39 is 18.4 Å². The molecule has 1 fully saturated rings. The number of ether oxygens (including phenoxy) is 4. The average molecular weight is 419 g/mol. The molecule has 2 N–H and O–H groups in total. The molecular formula is C21H25NO8. The van der Waals surface area contributed by atoms with Gasteiger partial charge in [-0.05, 0) is 31.9 Å². The van der Waals surface area contributed by atoms with Crippen molar-refractivity contribution in [2.24, 2.45) is 5.92 Å². The van der Waals surface area contributed by atoms with Crippen molar-refractivity contribution in [3.8, 4) is 11.5 Å². The molecule has 0 bridgehead atoms. The van der Waals surface area contributed by atoms with Crippen molar-refractivity contribution in [2.45, 2.75) is 38.4 Å². The third kappa shape index (κ3) is 5.50. The van der Waals surface area contributed by atoms with Crippen LogP contribution in [0.4, 0.5) is 0 Å². The number of carbonyl (C=O) groups excluding carboxylic acids is 2. The number of benzene rings is 1. The van der Waals surface area contributed by atoms with E-state index in [1.54, 1.807) is 18.2 Å². The first-order valence-corrected chi connectivity index (χ1v) is 9.87. The largest absolute Gasteiger partial charge is 0.493 e. The van der Waals surface area contributed by atoms with Gasteiger partial charge in [0.2, 0.25) is 17.4 Å². The molecule has 1 saturated carbocycles. The van der Waals surface area contributed by atoms with Crippen LogP contribution in [-0.2, 0) is 23.9 Å².